The summed E-state index contributed by atoms with van der Waals surface area (Å²) < 4.78 is 0. The number of thiazole rings is 1. The van der Waals surface area contributed by atoms with Crippen molar-refractivity contribution in [3.05, 3.63) is 16.1 Å². The average molecular weight is 338 g/mol. The molecule has 0 saturated carbocycles. The van der Waals surface area contributed by atoms with Crippen molar-refractivity contribution in [1.82, 2.24) is 20.5 Å². The lowest BCUT2D eigenvalue weighted by atomic mass is 9.98. The Bertz CT molecular complexity index is 517. The maximum Gasteiger partial charge on any atom is 0.191 e. The Morgan fingerprint density at radius 1 is 1.43 bits per heavy atom. The van der Waals surface area contributed by atoms with E-state index in [0.29, 0.717) is 12.6 Å². The molecule has 1 unspecified atom stereocenters. The van der Waals surface area contributed by atoms with Crippen LogP contribution in [-0.4, -0.2) is 48.6 Å². The topological polar surface area (TPSA) is 52.5 Å². The van der Waals surface area contributed by atoms with Crippen molar-refractivity contribution in [2.45, 2.75) is 58.5 Å². The summed E-state index contributed by atoms with van der Waals surface area (Å²) in [6, 6.07) is 0.630. The molecule has 6 heteroatoms. The van der Waals surface area contributed by atoms with Gasteiger partial charge in [0.2, 0.25) is 0 Å². The van der Waals surface area contributed by atoms with Crippen LogP contribution in [0.5, 0.6) is 0 Å². The highest BCUT2D eigenvalue weighted by atomic mass is 32.1. The number of hydrogen-bond acceptors (Lipinski definition) is 4. The molecule has 1 aromatic rings. The molecule has 0 spiro atoms. The number of guanidine groups is 1. The summed E-state index contributed by atoms with van der Waals surface area (Å²) in [5.41, 5.74) is 1.20. The van der Waals surface area contributed by atoms with Crippen molar-refractivity contribution >= 4 is 17.3 Å². The Labute approximate surface area is 144 Å². The van der Waals surface area contributed by atoms with Gasteiger partial charge in [-0.3, -0.25) is 9.89 Å². The molecule has 2 N–H and O–H groups in total. The van der Waals surface area contributed by atoms with Gasteiger partial charge < -0.3 is 10.6 Å². The number of rotatable bonds is 5. The zero-order valence-corrected chi connectivity index (χ0v) is 16.0. The number of likely N-dealkylation sites (tertiary alicyclic amines) is 1. The van der Waals surface area contributed by atoms with Crippen LogP contribution in [0.15, 0.2) is 10.4 Å². The second kappa shape index (κ2) is 8.11. The fourth-order valence-electron chi connectivity index (χ4n) is 2.88. The maximum absolute atomic E-state index is 4.72. The van der Waals surface area contributed by atoms with Crippen molar-refractivity contribution in [2.24, 2.45) is 4.99 Å². The monoisotopic (exact) mass is 337 g/mol. The fraction of sp³-hybridized carbons (Fsp3) is 0.765. The van der Waals surface area contributed by atoms with Crippen molar-refractivity contribution < 1.29 is 0 Å². The molecule has 1 fully saturated rings. The number of nitrogens with one attached hydrogen (secondary N) is 2. The van der Waals surface area contributed by atoms with Crippen molar-refractivity contribution in [3.8, 4) is 0 Å². The minimum atomic E-state index is 0.120. The Hall–Kier alpha value is -1.14. The summed E-state index contributed by atoms with van der Waals surface area (Å²) in [5, 5.41) is 10.1. The molecule has 0 amide bonds. The first-order valence-corrected chi connectivity index (χ1v) is 9.45. The lowest BCUT2D eigenvalue weighted by Crippen LogP contribution is -2.44. The van der Waals surface area contributed by atoms with Crippen LogP contribution in [0.1, 0.15) is 51.2 Å². The third-order valence-electron chi connectivity index (χ3n) is 4.26. The predicted octanol–water partition coefficient (Wildman–Crippen LogP) is 2.59. The number of hydrogen-bond donors (Lipinski definition) is 2. The number of aromatic nitrogens is 1. The lowest BCUT2D eigenvalue weighted by molar-refractivity contribution is 0.267. The van der Waals surface area contributed by atoms with Crippen molar-refractivity contribution in [2.75, 3.05) is 26.7 Å². The van der Waals surface area contributed by atoms with E-state index in [0.717, 1.165) is 24.7 Å². The van der Waals surface area contributed by atoms with E-state index in [1.54, 1.807) is 11.3 Å². The Morgan fingerprint density at radius 2 is 2.22 bits per heavy atom. The van der Waals surface area contributed by atoms with E-state index < -0.39 is 0 Å². The molecule has 5 nitrogen and oxygen atoms in total. The highest BCUT2D eigenvalue weighted by Crippen LogP contribution is 2.25. The molecule has 1 aliphatic rings. The third kappa shape index (κ3) is 5.18. The minimum absolute atomic E-state index is 0.120. The summed E-state index contributed by atoms with van der Waals surface area (Å²) in [5.74, 6) is 0.860. The molecule has 23 heavy (non-hydrogen) atoms. The van der Waals surface area contributed by atoms with E-state index in [1.807, 2.05) is 7.05 Å². The second-order valence-corrected chi connectivity index (χ2v) is 7.98. The summed E-state index contributed by atoms with van der Waals surface area (Å²) in [6.45, 7) is 12.9. The molecule has 0 bridgehead atoms. The number of aliphatic imine (C=N–C) groups is 1. The number of likely N-dealkylation sites (N-methyl/N-ethyl adjacent to an activating group) is 1. The van der Waals surface area contributed by atoms with Gasteiger partial charge in [0.15, 0.2) is 5.96 Å². The van der Waals surface area contributed by atoms with Crippen molar-refractivity contribution in [3.63, 3.8) is 0 Å². The molecule has 1 aliphatic heterocycles. The van der Waals surface area contributed by atoms with E-state index >= 15 is 0 Å². The van der Waals surface area contributed by atoms with Crippen molar-refractivity contribution in [1.29, 1.82) is 0 Å². The van der Waals surface area contributed by atoms with E-state index in [1.165, 1.54) is 24.4 Å². The zero-order chi connectivity index (χ0) is 16.9. The summed E-state index contributed by atoms with van der Waals surface area (Å²) >= 11 is 1.73. The molecular weight excluding hydrogens is 306 g/mol. The van der Waals surface area contributed by atoms with Crippen LogP contribution >= 0.6 is 11.3 Å². The van der Waals surface area contributed by atoms with E-state index in [-0.39, 0.29) is 5.41 Å². The molecule has 2 heterocycles. The molecule has 1 aromatic heterocycles. The van der Waals surface area contributed by atoms with Gasteiger partial charge in [0.1, 0.15) is 0 Å². The van der Waals surface area contributed by atoms with Gasteiger partial charge in [0.05, 0.1) is 17.2 Å². The van der Waals surface area contributed by atoms with Gasteiger partial charge in [-0.25, -0.2) is 4.98 Å². The van der Waals surface area contributed by atoms with Crippen LogP contribution < -0.4 is 10.6 Å². The molecule has 130 valence electrons. The average Bonchev–Trinajstić information content (AvgIpc) is 3.15. The minimum Gasteiger partial charge on any atom is -0.355 e. The van der Waals surface area contributed by atoms with Gasteiger partial charge in [-0.05, 0) is 25.9 Å². The summed E-state index contributed by atoms with van der Waals surface area (Å²) in [6.07, 6.45) is 2.58. The molecule has 1 saturated heterocycles. The second-order valence-electron chi connectivity index (χ2n) is 7.13. The first-order valence-electron chi connectivity index (χ1n) is 8.57. The number of nitrogens with zero attached hydrogens (tertiary/aromatic N) is 3. The van der Waals surface area contributed by atoms with Gasteiger partial charge in [0.25, 0.3) is 0 Å². The summed E-state index contributed by atoms with van der Waals surface area (Å²) in [4.78, 5) is 11.6. The molecule has 1 atom stereocenters. The van der Waals surface area contributed by atoms with E-state index in [9.17, 15) is 0 Å². The Morgan fingerprint density at radius 3 is 2.83 bits per heavy atom. The van der Waals surface area contributed by atoms with Crippen LogP contribution in [0, 0.1) is 0 Å². The van der Waals surface area contributed by atoms with Crippen LogP contribution in [0.3, 0.4) is 0 Å². The van der Waals surface area contributed by atoms with E-state index in [4.69, 9.17) is 4.98 Å². The highest BCUT2D eigenvalue weighted by Gasteiger charge is 2.23. The zero-order valence-electron chi connectivity index (χ0n) is 15.1. The smallest absolute Gasteiger partial charge is 0.191 e. The van der Waals surface area contributed by atoms with Crippen LogP contribution in [0.25, 0.3) is 0 Å². The van der Waals surface area contributed by atoms with Crippen LogP contribution in [0.2, 0.25) is 0 Å². The normalized spacial score (nSPS) is 20.0. The highest BCUT2D eigenvalue weighted by molar-refractivity contribution is 7.09. The van der Waals surface area contributed by atoms with Crippen LogP contribution in [-0.2, 0) is 12.0 Å². The van der Waals surface area contributed by atoms with Gasteiger partial charge in [-0.15, -0.1) is 11.3 Å². The van der Waals surface area contributed by atoms with E-state index in [2.05, 4.69) is 53.6 Å². The predicted molar refractivity (Wildman–Crippen MR) is 99.3 cm³/mol. The molecule has 0 aromatic carbocycles. The largest absolute Gasteiger partial charge is 0.355 e. The standard InChI is InChI=1S/C17H31N5S/c1-6-22-9-7-8-14(22)11-20-16(18-5)19-10-13-12-23-15(21-13)17(2,3)4/h12,14H,6-11H2,1-5H3,(H2,18,19,20). The fourth-order valence-corrected chi connectivity index (χ4v) is 3.79. The third-order valence-corrected chi connectivity index (χ3v) is 5.58. The Kier molecular flexibility index (Phi) is 6.41. The SMILES string of the molecule is CCN1CCCC1CNC(=NC)NCc1csc(C(C)(C)C)n1. The molecule has 0 aliphatic carbocycles. The summed E-state index contributed by atoms with van der Waals surface area (Å²) in [7, 11) is 1.82. The van der Waals surface area contributed by atoms with Gasteiger partial charge in [-0.1, -0.05) is 27.7 Å². The first-order chi connectivity index (χ1) is 10.9. The van der Waals surface area contributed by atoms with Gasteiger partial charge in [0, 0.05) is 30.4 Å². The quantitative estimate of drug-likeness (QED) is 0.640. The molecule has 2 rings (SSSR count). The molecular formula is C17H31N5S. The van der Waals surface area contributed by atoms with Gasteiger partial charge >= 0.3 is 0 Å². The maximum atomic E-state index is 4.72. The van der Waals surface area contributed by atoms with Gasteiger partial charge in [-0.2, -0.15) is 0 Å². The molecule has 0 radical (unpaired) electrons. The Balaban J connectivity index is 1.80. The van der Waals surface area contributed by atoms with Crippen LogP contribution in [0.4, 0.5) is 0 Å². The first kappa shape index (κ1) is 18.2. The lowest BCUT2D eigenvalue weighted by Gasteiger charge is -2.23.